The number of hydrogen-bond acceptors (Lipinski definition) is 6. The number of aromatic nitrogens is 2. The maximum atomic E-state index is 12.9. The summed E-state index contributed by atoms with van der Waals surface area (Å²) in [5.41, 5.74) is 1.13. The summed E-state index contributed by atoms with van der Waals surface area (Å²) in [7, 11) is 0. The van der Waals surface area contributed by atoms with E-state index in [1.54, 1.807) is 11.8 Å². The van der Waals surface area contributed by atoms with E-state index in [2.05, 4.69) is 4.98 Å². The normalized spacial score (nSPS) is 13.8. The first kappa shape index (κ1) is 19.3. The number of esters is 1. The van der Waals surface area contributed by atoms with E-state index in [9.17, 15) is 14.4 Å². The fraction of sp³-hybridized carbons (Fsp3) is 0.333. The van der Waals surface area contributed by atoms with Crippen LogP contribution in [0.3, 0.4) is 0 Å². The minimum atomic E-state index is -0.478. The molecule has 1 saturated heterocycles. The number of thiophene rings is 1. The molecule has 4 rings (SSSR count). The Morgan fingerprint density at radius 2 is 1.90 bits per heavy atom. The van der Waals surface area contributed by atoms with Gasteiger partial charge >= 0.3 is 5.97 Å². The maximum absolute atomic E-state index is 12.9. The topological polar surface area (TPSA) is 81.5 Å². The van der Waals surface area contributed by atoms with E-state index in [0.717, 1.165) is 42.8 Å². The fourth-order valence-electron chi connectivity index (χ4n) is 3.47. The molecule has 150 valence electrons. The van der Waals surface area contributed by atoms with Crippen molar-refractivity contribution in [2.45, 2.75) is 32.9 Å². The molecule has 0 atom stereocenters. The molecule has 1 aliphatic rings. The van der Waals surface area contributed by atoms with Crippen molar-refractivity contribution in [1.29, 1.82) is 0 Å². The molecule has 7 nitrogen and oxygen atoms in total. The SMILES string of the molecule is Cc1c(C(=O)OCc2ccccc2)sc2ncn(CC(=O)N3CCCC3)c(=O)c12. The first-order valence-electron chi connectivity index (χ1n) is 9.52. The Morgan fingerprint density at radius 1 is 1.17 bits per heavy atom. The molecular formula is C21H21N3O4S. The average molecular weight is 411 g/mol. The van der Waals surface area contributed by atoms with E-state index in [4.69, 9.17) is 4.74 Å². The Bertz CT molecular complexity index is 1110. The van der Waals surface area contributed by atoms with Gasteiger partial charge in [0.05, 0.1) is 11.7 Å². The zero-order chi connectivity index (χ0) is 20.4. The molecule has 0 radical (unpaired) electrons. The number of amides is 1. The molecule has 0 N–H and O–H groups in total. The molecule has 0 spiro atoms. The lowest BCUT2D eigenvalue weighted by molar-refractivity contribution is -0.130. The second-order valence-corrected chi connectivity index (χ2v) is 8.06. The van der Waals surface area contributed by atoms with E-state index in [0.29, 0.717) is 20.7 Å². The third-order valence-corrected chi connectivity index (χ3v) is 6.26. The van der Waals surface area contributed by atoms with Crippen LogP contribution in [-0.2, 0) is 22.7 Å². The highest BCUT2D eigenvalue weighted by molar-refractivity contribution is 7.20. The molecule has 0 saturated carbocycles. The van der Waals surface area contributed by atoms with Crippen molar-refractivity contribution in [2.75, 3.05) is 13.1 Å². The summed E-state index contributed by atoms with van der Waals surface area (Å²) in [6.07, 6.45) is 3.37. The van der Waals surface area contributed by atoms with Crippen LogP contribution < -0.4 is 5.56 Å². The standard InChI is InChI=1S/C21H21N3O4S/c1-14-17-19(29-18(14)21(27)28-12-15-7-3-2-4-8-15)22-13-24(20(17)26)11-16(25)23-9-5-6-10-23/h2-4,7-8,13H,5-6,9-12H2,1H3. The Hall–Kier alpha value is -3.00. The van der Waals surface area contributed by atoms with E-state index < -0.39 is 5.97 Å². The van der Waals surface area contributed by atoms with Gasteiger partial charge in [-0.3, -0.25) is 14.2 Å². The molecule has 1 amide bonds. The summed E-state index contributed by atoms with van der Waals surface area (Å²) in [6, 6.07) is 9.41. The van der Waals surface area contributed by atoms with Gasteiger partial charge in [-0.15, -0.1) is 11.3 Å². The second kappa shape index (κ2) is 8.16. The zero-order valence-electron chi connectivity index (χ0n) is 16.1. The molecule has 1 fully saturated rings. The van der Waals surface area contributed by atoms with Gasteiger partial charge in [-0.25, -0.2) is 9.78 Å². The van der Waals surface area contributed by atoms with Crippen molar-refractivity contribution in [1.82, 2.24) is 14.5 Å². The Kier molecular flexibility index (Phi) is 5.44. The Balaban J connectivity index is 1.56. The van der Waals surface area contributed by atoms with Gasteiger partial charge in [0.15, 0.2) is 0 Å². The second-order valence-electron chi connectivity index (χ2n) is 7.06. The van der Waals surface area contributed by atoms with Gasteiger partial charge in [-0.1, -0.05) is 30.3 Å². The molecule has 3 heterocycles. The quantitative estimate of drug-likeness (QED) is 0.603. The van der Waals surface area contributed by atoms with Crippen LogP contribution in [0.25, 0.3) is 10.2 Å². The van der Waals surface area contributed by atoms with E-state index in [-0.39, 0.29) is 24.6 Å². The molecule has 1 aliphatic heterocycles. The first-order chi connectivity index (χ1) is 14.0. The predicted octanol–water partition coefficient (Wildman–Crippen LogP) is 2.75. The summed E-state index contributed by atoms with van der Waals surface area (Å²) < 4.78 is 6.72. The van der Waals surface area contributed by atoms with Crippen molar-refractivity contribution in [3.63, 3.8) is 0 Å². The summed E-state index contributed by atoms with van der Waals surface area (Å²) in [4.78, 5) is 44.8. The number of carbonyl (C=O) groups excluding carboxylic acids is 2. The number of rotatable bonds is 5. The lowest BCUT2D eigenvalue weighted by Crippen LogP contribution is -2.34. The van der Waals surface area contributed by atoms with Gasteiger partial charge in [-0.05, 0) is 30.9 Å². The average Bonchev–Trinajstić information content (AvgIpc) is 3.38. The van der Waals surface area contributed by atoms with E-state index in [1.165, 1.54) is 10.9 Å². The number of hydrogen-bond donors (Lipinski definition) is 0. The Labute approximate surface area is 171 Å². The van der Waals surface area contributed by atoms with Crippen molar-refractivity contribution in [3.8, 4) is 0 Å². The number of benzene rings is 1. The number of fused-ring (bicyclic) bond motifs is 1. The molecule has 1 aromatic carbocycles. The van der Waals surface area contributed by atoms with Crippen LogP contribution in [0.5, 0.6) is 0 Å². The minimum absolute atomic E-state index is 0.0369. The minimum Gasteiger partial charge on any atom is -0.457 e. The number of ether oxygens (including phenoxy) is 1. The van der Waals surface area contributed by atoms with Crippen LogP contribution >= 0.6 is 11.3 Å². The van der Waals surface area contributed by atoms with Crippen LogP contribution in [-0.4, -0.2) is 39.4 Å². The lowest BCUT2D eigenvalue weighted by atomic mass is 10.2. The van der Waals surface area contributed by atoms with Crippen molar-refractivity contribution in [2.24, 2.45) is 0 Å². The molecule has 0 aliphatic carbocycles. The highest BCUT2D eigenvalue weighted by atomic mass is 32.1. The first-order valence-corrected chi connectivity index (χ1v) is 10.3. The molecular weight excluding hydrogens is 390 g/mol. The van der Waals surface area contributed by atoms with Crippen LogP contribution in [0.2, 0.25) is 0 Å². The molecule has 0 bridgehead atoms. The van der Waals surface area contributed by atoms with Crippen LogP contribution in [0.4, 0.5) is 0 Å². The molecule has 29 heavy (non-hydrogen) atoms. The third-order valence-electron chi connectivity index (χ3n) is 5.08. The molecule has 0 unspecified atom stereocenters. The lowest BCUT2D eigenvalue weighted by Gasteiger charge is -2.15. The monoisotopic (exact) mass is 411 g/mol. The maximum Gasteiger partial charge on any atom is 0.349 e. The Morgan fingerprint density at radius 3 is 2.62 bits per heavy atom. The summed E-state index contributed by atoms with van der Waals surface area (Å²) >= 11 is 1.14. The van der Waals surface area contributed by atoms with Gasteiger partial charge in [-0.2, -0.15) is 0 Å². The van der Waals surface area contributed by atoms with Crippen molar-refractivity contribution >= 4 is 33.4 Å². The summed E-state index contributed by atoms with van der Waals surface area (Å²) in [6.45, 7) is 3.31. The highest BCUT2D eigenvalue weighted by Crippen LogP contribution is 2.27. The molecule has 8 heteroatoms. The van der Waals surface area contributed by atoms with Crippen molar-refractivity contribution in [3.05, 3.63) is 63.0 Å². The predicted molar refractivity (Wildman–Crippen MR) is 110 cm³/mol. The van der Waals surface area contributed by atoms with E-state index >= 15 is 0 Å². The number of aryl methyl sites for hydroxylation is 1. The van der Waals surface area contributed by atoms with Crippen LogP contribution in [0.1, 0.15) is 33.6 Å². The third kappa shape index (κ3) is 3.93. The van der Waals surface area contributed by atoms with Crippen molar-refractivity contribution < 1.29 is 14.3 Å². The van der Waals surface area contributed by atoms with Gasteiger partial charge < -0.3 is 9.64 Å². The largest absolute Gasteiger partial charge is 0.457 e. The molecule has 3 aromatic rings. The van der Waals surface area contributed by atoms with Gasteiger partial charge in [0.2, 0.25) is 5.91 Å². The van der Waals surface area contributed by atoms with Crippen LogP contribution in [0, 0.1) is 6.92 Å². The highest BCUT2D eigenvalue weighted by Gasteiger charge is 2.23. The summed E-state index contributed by atoms with van der Waals surface area (Å²) in [5, 5.41) is 0.374. The zero-order valence-corrected chi connectivity index (χ0v) is 16.9. The number of likely N-dealkylation sites (tertiary alicyclic amines) is 1. The van der Waals surface area contributed by atoms with E-state index in [1.807, 2.05) is 30.3 Å². The number of nitrogens with zero attached hydrogens (tertiary/aromatic N) is 3. The van der Waals surface area contributed by atoms with Gasteiger partial charge in [0.1, 0.15) is 22.9 Å². The van der Waals surface area contributed by atoms with Gasteiger partial charge in [0.25, 0.3) is 5.56 Å². The fourth-order valence-corrected chi connectivity index (χ4v) is 4.50. The summed E-state index contributed by atoms with van der Waals surface area (Å²) in [5.74, 6) is -0.561. The van der Waals surface area contributed by atoms with Gasteiger partial charge in [0, 0.05) is 13.1 Å². The van der Waals surface area contributed by atoms with Crippen LogP contribution in [0.15, 0.2) is 41.5 Å². The molecule has 2 aromatic heterocycles. The number of carbonyl (C=O) groups is 2. The smallest absolute Gasteiger partial charge is 0.349 e.